The molecule has 1 aliphatic heterocycles. The van der Waals surface area contributed by atoms with E-state index in [1.54, 1.807) is 23.9 Å². The number of thioether (sulfide) groups is 1. The Hall–Kier alpha value is -2.14. The topological polar surface area (TPSA) is 47.6 Å². The maximum atomic E-state index is 12.1. The average molecular weight is 315 g/mol. The fraction of sp³-hybridized carbons (Fsp3) is 0.235. The van der Waals surface area contributed by atoms with Crippen molar-refractivity contribution in [1.82, 2.24) is 0 Å². The molecule has 22 heavy (non-hydrogen) atoms. The van der Waals surface area contributed by atoms with Crippen LogP contribution in [-0.2, 0) is 4.79 Å². The van der Waals surface area contributed by atoms with Crippen molar-refractivity contribution in [3.63, 3.8) is 0 Å². The second-order valence-corrected chi connectivity index (χ2v) is 6.19. The highest BCUT2D eigenvalue weighted by Gasteiger charge is 2.14. The first-order valence-electron chi connectivity index (χ1n) is 7.01. The van der Waals surface area contributed by atoms with Crippen molar-refractivity contribution in [2.75, 3.05) is 17.9 Å². The van der Waals surface area contributed by atoms with Crippen molar-refractivity contribution in [3.05, 3.63) is 47.5 Å². The van der Waals surface area contributed by atoms with Crippen molar-refractivity contribution in [3.8, 4) is 11.5 Å². The maximum absolute atomic E-state index is 12.1. The molecule has 0 aliphatic carbocycles. The number of rotatable bonds is 4. The Morgan fingerprint density at radius 2 is 1.95 bits per heavy atom. The van der Waals surface area contributed by atoms with Crippen LogP contribution in [0.4, 0.5) is 5.69 Å². The zero-order valence-corrected chi connectivity index (χ0v) is 13.3. The van der Waals surface area contributed by atoms with Crippen molar-refractivity contribution >= 4 is 23.4 Å². The minimum absolute atomic E-state index is 0.0372. The first-order valence-corrected chi connectivity index (χ1v) is 8.00. The Kier molecular flexibility index (Phi) is 4.24. The smallest absolute Gasteiger partial charge is 0.234 e. The van der Waals surface area contributed by atoms with Gasteiger partial charge in [0.15, 0.2) is 11.5 Å². The Labute approximate surface area is 133 Å². The molecule has 0 saturated heterocycles. The summed E-state index contributed by atoms with van der Waals surface area (Å²) in [4.78, 5) is 13.2. The van der Waals surface area contributed by atoms with E-state index in [9.17, 15) is 4.79 Å². The van der Waals surface area contributed by atoms with Crippen LogP contribution in [0.5, 0.6) is 11.5 Å². The number of ether oxygens (including phenoxy) is 2. The number of hydrogen-bond donors (Lipinski definition) is 1. The average Bonchev–Trinajstić information content (AvgIpc) is 2.96. The van der Waals surface area contributed by atoms with Gasteiger partial charge in [0.05, 0.1) is 5.75 Å². The summed E-state index contributed by atoms with van der Waals surface area (Å²) in [6.07, 6.45) is 0. The summed E-state index contributed by atoms with van der Waals surface area (Å²) in [6, 6.07) is 11.7. The zero-order valence-electron chi connectivity index (χ0n) is 12.5. The fourth-order valence-electron chi connectivity index (χ4n) is 2.18. The third-order valence-corrected chi connectivity index (χ3v) is 4.52. The zero-order chi connectivity index (χ0) is 15.5. The van der Waals surface area contributed by atoms with Crippen LogP contribution in [0.1, 0.15) is 11.1 Å². The van der Waals surface area contributed by atoms with Crippen LogP contribution in [0, 0.1) is 13.8 Å². The quantitative estimate of drug-likeness (QED) is 0.873. The number of benzene rings is 2. The normalized spacial score (nSPS) is 12.3. The predicted octanol–water partition coefficient (Wildman–Crippen LogP) is 3.76. The predicted molar refractivity (Wildman–Crippen MR) is 87.8 cm³/mol. The largest absolute Gasteiger partial charge is 0.454 e. The van der Waals surface area contributed by atoms with Crippen LogP contribution in [0.25, 0.3) is 0 Å². The van der Waals surface area contributed by atoms with E-state index in [1.165, 1.54) is 11.1 Å². The molecular formula is C17H17NO3S. The van der Waals surface area contributed by atoms with Gasteiger partial charge in [-0.2, -0.15) is 0 Å². The molecule has 0 aromatic heterocycles. The summed E-state index contributed by atoms with van der Waals surface area (Å²) >= 11 is 1.55. The molecule has 0 saturated carbocycles. The second-order valence-electron chi connectivity index (χ2n) is 5.17. The Balaban J connectivity index is 1.59. The van der Waals surface area contributed by atoms with E-state index in [-0.39, 0.29) is 12.7 Å². The van der Waals surface area contributed by atoms with Gasteiger partial charge in [-0.25, -0.2) is 0 Å². The molecule has 0 atom stereocenters. The van der Waals surface area contributed by atoms with Crippen molar-refractivity contribution in [1.29, 1.82) is 0 Å². The Morgan fingerprint density at radius 1 is 1.14 bits per heavy atom. The number of hydrogen-bond acceptors (Lipinski definition) is 4. The van der Waals surface area contributed by atoms with Gasteiger partial charge in [0.2, 0.25) is 12.7 Å². The van der Waals surface area contributed by atoms with E-state index >= 15 is 0 Å². The Morgan fingerprint density at radius 3 is 2.82 bits per heavy atom. The molecule has 114 valence electrons. The molecular weight excluding hydrogens is 298 g/mol. The highest BCUT2D eigenvalue weighted by atomic mass is 32.2. The SMILES string of the molecule is Cc1ccc(C)c(SCC(=O)Nc2ccc3c(c2)OCO3)c1. The van der Waals surface area contributed by atoms with Crippen LogP contribution in [0.15, 0.2) is 41.3 Å². The molecule has 5 heteroatoms. The van der Waals surface area contributed by atoms with E-state index in [0.29, 0.717) is 17.3 Å². The molecule has 1 aliphatic rings. The fourth-order valence-corrected chi connectivity index (χ4v) is 3.10. The number of fused-ring (bicyclic) bond motifs is 1. The summed E-state index contributed by atoms with van der Waals surface area (Å²) in [6.45, 7) is 4.34. The molecule has 3 rings (SSSR count). The van der Waals surface area contributed by atoms with E-state index in [1.807, 2.05) is 6.07 Å². The molecule has 0 radical (unpaired) electrons. The molecule has 0 bridgehead atoms. The molecule has 1 amide bonds. The number of carbonyl (C=O) groups excluding carboxylic acids is 1. The molecule has 2 aromatic carbocycles. The maximum Gasteiger partial charge on any atom is 0.234 e. The van der Waals surface area contributed by atoms with E-state index in [2.05, 4.69) is 37.4 Å². The van der Waals surface area contributed by atoms with E-state index < -0.39 is 0 Å². The number of anilines is 1. The first kappa shape index (κ1) is 14.8. The summed E-state index contributed by atoms with van der Waals surface area (Å²) < 4.78 is 10.5. The van der Waals surface area contributed by atoms with Crippen molar-refractivity contribution in [2.24, 2.45) is 0 Å². The van der Waals surface area contributed by atoms with Crippen LogP contribution < -0.4 is 14.8 Å². The lowest BCUT2D eigenvalue weighted by Gasteiger charge is -2.08. The molecule has 0 spiro atoms. The van der Waals surface area contributed by atoms with Gasteiger partial charge in [-0.3, -0.25) is 4.79 Å². The van der Waals surface area contributed by atoms with E-state index in [4.69, 9.17) is 9.47 Å². The van der Waals surface area contributed by atoms with Gasteiger partial charge in [-0.05, 0) is 37.6 Å². The van der Waals surface area contributed by atoms with Crippen LogP contribution >= 0.6 is 11.8 Å². The first-order chi connectivity index (χ1) is 10.6. The lowest BCUT2D eigenvalue weighted by molar-refractivity contribution is -0.113. The summed E-state index contributed by atoms with van der Waals surface area (Å²) in [7, 11) is 0. The van der Waals surface area contributed by atoms with Crippen LogP contribution in [-0.4, -0.2) is 18.5 Å². The number of carbonyl (C=O) groups is 1. The lowest BCUT2D eigenvalue weighted by Crippen LogP contribution is -2.14. The number of nitrogens with one attached hydrogen (secondary N) is 1. The standard InChI is InChI=1S/C17H17NO3S/c1-11-3-4-12(2)16(7-11)22-9-17(19)18-13-5-6-14-15(8-13)21-10-20-14/h3-8H,9-10H2,1-2H3,(H,18,19). The van der Waals surface area contributed by atoms with Crippen LogP contribution in [0.2, 0.25) is 0 Å². The minimum atomic E-state index is -0.0372. The van der Waals surface area contributed by atoms with Gasteiger partial charge in [0, 0.05) is 16.6 Å². The van der Waals surface area contributed by atoms with E-state index in [0.717, 1.165) is 10.6 Å². The highest BCUT2D eigenvalue weighted by molar-refractivity contribution is 8.00. The summed E-state index contributed by atoms with van der Waals surface area (Å²) in [5.41, 5.74) is 3.10. The van der Waals surface area contributed by atoms with Gasteiger partial charge in [-0.1, -0.05) is 17.7 Å². The Bertz CT molecular complexity index is 715. The van der Waals surface area contributed by atoms with Gasteiger partial charge in [0.25, 0.3) is 0 Å². The molecule has 0 fully saturated rings. The number of aryl methyl sites for hydroxylation is 2. The van der Waals surface area contributed by atoms with Gasteiger partial charge >= 0.3 is 0 Å². The molecule has 2 aromatic rings. The number of amides is 1. The van der Waals surface area contributed by atoms with Crippen molar-refractivity contribution < 1.29 is 14.3 Å². The molecule has 4 nitrogen and oxygen atoms in total. The second kappa shape index (κ2) is 6.32. The van der Waals surface area contributed by atoms with Gasteiger partial charge in [0.1, 0.15) is 0 Å². The molecule has 0 unspecified atom stereocenters. The minimum Gasteiger partial charge on any atom is -0.454 e. The molecule has 1 N–H and O–H groups in total. The third kappa shape index (κ3) is 3.36. The molecule has 1 heterocycles. The van der Waals surface area contributed by atoms with Gasteiger partial charge < -0.3 is 14.8 Å². The summed E-state index contributed by atoms with van der Waals surface area (Å²) in [5, 5.41) is 2.88. The van der Waals surface area contributed by atoms with Crippen LogP contribution in [0.3, 0.4) is 0 Å². The third-order valence-electron chi connectivity index (χ3n) is 3.36. The van der Waals surface area contributed by atoms with Crippen molar-refractivity contribution in [2.45, 2.75) is 18.7 Å². The highest BCUT2D eigenvalue weighted by Crippen LogP contribution is 2.34. The summed E-state index contributed by atoms with van der Waals surface area (Å²) in [5.74, 6) is 1.71. The lowest BCUT2D eigenvalue weighted by atomic mass is 10.2. The van der Waals surface area contributed by atoms with Gasteiger partial charge in [-0.15, -0.1) is 11.8 Å². The monoisotopic (exact) mass is 315 g/mol.